The summed E-state index contributed by atoms with van der Waals surface area (Å²) in [5.74, 6) is 1.96. The van der Waals surface area contributed by atoms with Gasteiger partial charge in [-0.05, 0) is 37.8 Å². The standard InChI is InChI=1S/C14H23N3/c1-11(2)12(3)6-7-13-16-14(4,5)8-9-17(13)10-15/h6-12,15H,1-5H3/b7-6-,15-10?. The van der Waals surface area contributed by atoms with Crippen molar-refractivity contribution < 1.29 is 0 Å². The van der Waals surface area contributed by atoms with Gasteiger partial charge in [0, 0.05) is 6.20 Å². The van der Waals surface area contributed by atoms with Gasteiger partial charge < -0.3 is 0 Å². The largest absolute Gasteiger partial charge is 0.293 e. The van der Waals surface area contributed by atoms with Crippen LogP contribution in [0, 0.1) is 17.2 Å². The molecule has 0 bridgehead atoms. The summed E-state index contributed by atoms with van der Waals surface area (Å²) in [5, 5.41) is 7.36. The predicted octanol–water partition coefficient (Wildman–Crippen LogP) is 3.45. The summed E-state index contributed by atoms with van der Waals surface area (Å²) in [6.07, 6.45) is 9.37. The maximum absolute atomic E-state index is 7.36. The molecule has 1 atom stereocenters. The van der Waals surface area contributed by atoms with E-state index in [9.17, 15) is 0 Å². The second kappa shape index (κ2) is 5.30. The van der Waals surface area contributed by atoms with E-state index in [-0.39, 0.29) is 5.54 Å². The molecule has 0 aliphatic carbocycles. The third-order valence-corrected chi connectivity index (χ3v) is 3.05. The van der Waals surface area contributed by atoms with E-state index in [1.54, 1.807) is 4.90 Å². The zero-order valence-electron chi connectivity index (χ0n) is 11.4. The highest BCUT2D eigenvalue weighted by atomic mass is 15.2. The second-order valence-corrected chi connectivity index (χ2v) is 5.44. The number of rotatable bonds is 4. The second-order valence-electron chi connectivity index (χ2n) is 5.44. The normalized spacial score (nSPS) is 20.8. The molecular weight excluding hydrogens is 210 g/mol. The topological polar surface area (TPSA) is 39.5 Å². The van der Waals surface area contributed by atoms with Crippen molar-refractivity contribution >= 4 is 12.2 Å². The van der Waals surface area contributed by atoms with Crippen LogP contribution >= 0.6 is 0 Å². The molecule has 0 aromatic rings. The van der Waals surface area contributed by atoms with E-state index in [0.717, 1.165) is 5.84 Å². The molecule has 0 aromatic carbocycles. The van der Waals surface area contributed by atoms with Crippen molar-refractivity contribution in [1.29, 1.82) is 5.41 Å². The van der Waals surface area contributed by atoms with Crippen molar-refractivity contribution in [2.45, 2.75) is 40.2 Å². The number of aliphatic imine (C=N–C) groups is 1. The van der Waals surface area contributed by atoms with Gasteiger partial charge >= 0.3 is 0 Å². The molecule has 3 heteroatoms. The zero-order chi connectivity index (χ0) is 13.1. The number of hydrogen-bond donors (Lipinski definition) is 1. The van der Waals surface area contributed by atoms with Gasteiger partial charge in [0.15, 0.2) is 0 Å². The SMILES string of the molecule is CC(C)C(C)/C=C\C1=NC(C)(C)C=CN1C=N. The number of allylic oxidation sites excluding steroid dienone is 1. The Morgan fingerprint density at radius 1 is 1.35 bits per heavy atom. The number of nitrogens with one attached hydrogen (secondary N) is 1. The molecule has 1 rings (SSSR count). The van der Waals surface area contributed by atoms with Crippen LogP contribution in [0.2, 0.25) is 0 Å². The van der Waals surface area contributed by atoms with E-state index in [1.807, 2.05) is 18.4 Å². The fourth-order valence-electron chi connectivity index (χ4n) is 1.42. The minimum atomic E-state index is -0.180. The lowest BCUT2D eigenvalue weighted by molar-refractivity contribution is 0.504. The lowest BCUT2D eigenvalue weighted by Crippen LogP contribution is -2.31. The summed E-state index contributed by atoms with van der Waals surface area (Å²) in [6.45, 7) is 10.7. The van der Waals surface area contributed by atoms with Crippen LogP contribution in [-0.2, 0) is 0 Å². The Hall–Kier alpha value is -1.38. The van der Waals surface area contributed by atoms with Crippen LogP contribution in [-0.4, -0.2) is 22.6 Å². The van der Waals surface area contributed by atoms with Crippen LogP contribution in [0.3, 0.4) is 0 Å². The van der Waals surface area contributed by atoms with Crippen molar-refractivity contribution in [3.63, 3.8) is 0 Å². The van der Waals surface area contributed by atoms with E-state index < -0.39 is 0 Å². The molecule has 0 radical (unpaired) electrons. The third-order valence-electron chi connectivity index (χ3n) is 3.05. The molecule has 17 heavy (non-hydrogen) atoms. The molecule has 1 aliphatic heterocycles. The number of hydrogen-bond acceptors (Lipinski definition) is 2. The Morgan fingerprint density at radius 2 is 2.00 bits per heavy atom. The summed E-state index contributed by atoms with van der Waals surface area (Å²) in [7, 11) is 0. The zero-order valence-corrected chi connectivity index (χ0v) is 11.4. The summed E-state index contributed by atoms with van der Waals surface area (Å²) in [5.41, 5.74) is -0.180. The van der Waals surface area contributed by atoms with Crippen LogP contribution in [0.5, 0.6) is 0 Å². The van der Waals surface area contributed by atoms with Gasteiger partial charge in [0.1, 0.15) is 5.84 Å². The highest BCUT2D eigenvalue weighted by Gasteiger charge is 2.19. The first-order valence-corrected chi connectivity index (χ1v) is 6.12. The average Bonchev–Trinajstić information content (AvgIpc) is 2.24. The molecule has 0 amide bonds. The van der Waals surface area contributed by atoms with Gasteiger partial charge in [-0.25, -0.2) is 0 Å². The van der Waals surface area contributed by atoms with Crippen molar-refractivity contribution in [3.05, 3.63) is 24.4 Å². The fourth-order valence-corrected chi connectivity index (χ4v) is 1.42. The van der Waals surface area contributed by atoms with E-state index in [1.165, 1.54) is 6.34 Å². The maximum atomic E-state index is 7.36. The van der Waals surface area contributed by atoms with Gasteiger partial charge in [-0.2, -0.15) is 0 Å². The van der Waals surface area contributed by atoms with Gasteiger partial charge in [-0.3, -0.25) is 15.3 Å². The van der Waals surface area contributed by atoms with Gasteiger partial charge in [-0.1, -0.05) is 26.8 Å². The predicted molar refractivity (Wildman–Crippen MR) is 74.4 cm³/mol. The smallest absolute Gasteiger partial charge is 0.133 e. The van der Waals surface area contributed by atoms with Crippen LogP contribution in [0.4, 0.5) is 0 Å². The minimum absolute atomic E-state index is 0.180. The first kappa shape index (κ1) is 13.7. The van der Waals surface area contributed by atoms with Crippen molar-refractivity contribution in [2.24, 2.45) is 16.8 Å². The van der Waals surface area contributed by atoms with Crippen molar-refractivity contribution in [3.8, 4) is 0 Å². The maximum Gasteiger partial charge on any atom is 0.133 e. The minimum Gasteiger partial charge on any atom is -0.293 e. The highest BCUT2D eigenvalue weighted by molar-refractivity contribution is 6.01. The fraction of sp³-hybridized carbons (Fsp3) is 0.571. The molecule has 1 aliphatic rings. The summed E-state index contributed by atoms with van der Waals surface area (Å²) < 4.78 is 0. The monoisotopic (exact) mass is 233 g/mol. The molecule has 0 aromatic heterocycles. The summed E-state index contributed by atoms with van der Waals surface area (Å²) in [4.78, 5) is 6.35. The van der Waals surface area contributed by atoms with E-state index in [2.05, 4.69) is 45.7 Å². The number of amidine groups is 1. The molecule has 0 saturated carbocycles. The number of nitrogens with zero attached hydrogens (tertiary/aromatic N) is 2. The Bertz CT molecular complexity index is 362. The highest BCUT2D eigenvalue weighted by Crippen LogP contribution is 2.18. The Kier molecular flexibility index (Phi) is 4.27. The van der Waals surface area contributed by atoms with Gasteiger partial charge in [0.2, 0.25) is 0 Å². The van der Waals surface area contributed by atoms with Gasteiger partial charge in [-0.15, -0.1) is 0 Å². The van der Waals surface area contributed by atoms with E-state index in [0.29, 0.717) is 11.8 Å². The van der Waals surface area contributed by atoms with Crippen LogP contribution < -0.4 is 0 Å². The lowest BCUT2D eigenvalue weighted by Gasteiger charge is -2.26. The van der Waals surface area contributed by atoms with Crippen LogP contribution in [0.25, 0.3) is 0 Å². The van der Waals surface area contributed by atoms with Crippen LogP contribution in [0.1, 0.15) is 34.6 Å². The van der Waals surface area contributed by atoms with Gasteiger partial charge in [0.25, 0.3) is 0 Å². The molecule has 94 valence electrons. The summed E-state index contributed by atoms with van der Waals surface area (Å²) >= 11 is 0. The Labute approximate surface area is 104 Å². The van der Waals surface area contributed by atoms with Crippen molar-refractivity contribution in [2.75, 3.05) is 0 Å². The molecule has 1 N–H and O–H groups in total. The molecule has 3 nitrogen and oxygen atoms in total. The van der Waals surface area contributed by atoms with Gasteiger partial charge in [0.05, 0.1) is 11.9 Å². The molecule has 0 fully saturated rings. The molecular formula is C14H23N3. The molecule has 0 saturated heterocycles. The molecule has 1 heterocycles. The lowest BCUT2D eigenvalue weighted by atomic mass is 9.97. The van der Waals surface area contributed by atoms with Crippen molar-refractivity contribution in [1.82, 2.24) is 4.90 Å². The van der Waals surface area contributed by atoms with E-state index >= 15 is 0 Å². The Balaban J connectivity index is 2.86. The average molecular weight is 233 g/mol. The Morgan fingerprint density at radius 3 is 2.53 bits per heavy atom. The third kappa shape index (κ3) is 3.84. The first-order valence-electron chi connectivity index (χ1n) is 6.12. The van der Waals surface area contributed by atoms with E-state index in [4.69, 9.17) is 5.41 Å². The molecule has 1 unspecified atom stereocenters. The molecule has 0 spiro atoms. The van der Waals surface area contributed by atoms with Crippen LogP contribution in [0.15, 0.2) is 29.4 Å². The quantitative estimate of drug-likeness (QED) is 0.586. The summed E-state index contributed by atoms with van der Waals surface area (Å²) in [6, 6.07) is 0. The first-order chi connectivity index (χ1) is 7.85.